The van der Waals surface area contributed by atoms with Gasteiger partial charge in [-0.25, -0.2) is 9.59 Å². The summed E-state index contributed by atoms with van der Waals surface area (Å²) < 4.78 is 14.6. The topological polar surface area (TPSA) is 90.9 Å². The van der Waals surface area contributed by atoms with Crippen LogP contribution in [0.25, 0.3) is 11.1 Å². The quantitative estimate of drug-likeness (QED) is 0.696. The van der Waals surface area contributed by atoms with Crippen LogP contribution in [0.3, 0.4) is 0 Å². The van der Waals surface area contributed by atoms with Gasteiger partial charge < -0.3 is 19.5 Å². The molecule has 0 aliphatic heterocycles. The highest BCUT2D eigenvalue weighted by molar-refractivity contribution is 7.17. The number of amides is 1. The van der Waals surface area contributed by atoms with Gasteiger partial charge in [0.05, 0.1) is 6.61 Å². The highest BCUT2D eigenvalue weighted by atomic mass is 32.1. The van der Waals surface area contributed by atoms with Gasteiger partial charge in [-0.3, -0.25) is 4.79 Å². The fourth-order valence-corrected chi connectivity index (χ4v) is 3.53. The molecule has 0 fully saturated rings. The molecule has 7 nitrogen and oxygen atoms in total. The van der Waals surface area contributed by atoms with Crippen molar-refractivity contribution in [1.29, 1.82) is 0 Å². The first-order valence-corrected chi connectivity index (χ1v) is 9.09. The van der Waals surface area contributed by atoms with Gasteiger partial charge in [0, 0.05) is 17.6 Å². The lowest BCUT2D eigenvalue weighted by atomic mass is 10.0. The van der Waals surface area contributed by atoms with Crippen LogP contribution in [0.2, 0.25) is 0 Å². The van der Waals surface area contributed by atoms with Gasteiger partial charge >= 0.3 is 11.9 Å². The molecule has 0 aliphatic rings. The summed E-state index contributed by atoms with van der Waals surface area (Å²) in [6.45, 7) is 3.08. The summed E-state index contributed by atoms with van der Waals surface area (Å²) in [5, 5.41) is 3.00. The van der Waals surface area contributed by atoms with Gasteiger partial charge in [0.15, 0.2) is 6.61 Å². The SMILES string of the molecule is CCOC(=O)c1c(NC(=O)COC(=O)COC)sc(C)c1-c1ccccc1. The Hall–Kier alpha value is -2.71. The molecule has 2 aromatic rings. The number of nitrogens with one attached hydrogen (secondary N) is 1. The predicted molar refractivity (Wildman–Crippen MR) is 102 cm³/mol. The number of anilines is 1. The molecule has 0 bridgehead atoms. The number of benzene rings is 1. The average molecular weight is 391 g/mol. The minimum absolute atomic E-state index is 0.212. The van der Waals surface area contributed by atoms with Gasteiger partial charge in [-0.2, -0.15) is 0 Å². The van der Waals surface area contributed by atoms with Crippen molar-refractivity contribution in [3.63, 3.8) is 0 Å². The lowest BCUT2D eigenvalue weighted by Gasteiger charge is -2.09. The average Bonchev–Trinajstić information content (AvgIpc) is 2.97. The number of carbonyl (C=O) groups is 3. The Balaban J connectivity index is 2.29. The maximum absolute atomic E-state index is 12.5. The Morgan fingerprint density at radius 2 is 1.78 bits per heavy atom. The van der Waals surface area contributed by atoms with Crippen LogP contribution < -0.4 is 5.32 Å². The maximum Gasteiger partial charge on any atom is 0.341 e. The smallest absolute Gasteiger partial charge is 0.341 e. The molecule has 1 amide bonds. The molecule has 1 aromatic heterocycles. The highest BCUT2D eigenvalue weighted by Gasteiger charge is 2.25. The van der Waals surface area contributed by atoms with E-state index in [9.17, 15) is 14.4 Å². The van der Waals surface area contributed by atoms with Crippen molar-refractivity contribution in [2.75, 3.05) is 32.2 Å². The van der Waals surface area contributed by atoms with Crippen molar-refractivity contribution in [2.45, 2.75) is 13.8 Å². The van der Waals surface area contributed by atoms with Gasteiger partial charge in [0.2, 0.25) is 0 Å². The summed E-state index contributed by atoms with van der Waals surface area (Å²) in [4.78, 5) is 36.8. The zero-order chi connectivity index (χ0) is 19.8. The number of aryl methyl sites for hydroxylation is 1. The van der Waals surface area contributed by atoms with Gasteiger partial charge in [-0.05, 0) is 19.4 Å². The lowest BCUT2D eigenvalue weighted by molar-refractivity contribution is -0.150. The highest BCUT2D eigenvalue weighted by Crippen LogP contribution is 2.40. The summed E-state index contributed by atoms with van der Waals surface area (Å²) in [7, 11) is 1.35. The molecule has 2 rings (SSSR count). The first-order valence-electron chi connectivity index (χ1n) is 8.28. The molecule has 0 atom stereocenters. The molecule has 27 heavy (non-hydrogen) atoms. The minimum Gasteiger partial charge on any atom is -0.462 e. The van der Waals surface area contributed by atoms with Crippen LogP contribution >= 0.6 is 11.3 Å². The van der Waals surface area contributed by atoms with E-state index < -0.39 is 24.5 Å². The van der Waals surface area contributed by atoms with Gasteiger partial charge in [-0.15, -0.1) is 11.3 Å². The maximum atomic E-state index is 12.5. The molecule has 8 heteroatoms. The van der Waals surface area contributed by atoms with E-state index in [1.165, 1.54) is 18.4 Å². The number of esters is 2. The van der Waals surface area contributed by atoms with Crippen molar-refractivity contribution >= 4 is 34.2 Å². The third-order valence-corrected chi connectivity index (χ3v) is 4.53. The zero-order valence-corrected chi connectivity index (χ0v) is 16.2. The molecule has 1 aromatic carbocycles. The monoisotopic (exact) mass is 391 g/mol. The van der Waals surface area contributed by atoms with Crippen LogP contribution in [0.4, 0.5) is 5.00 Å². The van der Waals surface area contributed by atoms with E-state index in [4.69, 9.17) is 9.47 Å². The Labute approximate surface area is 161 Å². The zero-order valence-electron chi connectivity index (χ0n) is 15.4. The molecular weight excluding hydrogens is 370 g/mol. The third-order valence-electron chi connectivity index (χ3n) is 3.51. The van der Waals surface area contributed by atoms with E-state index in [2.05, 4.69) is 10.1 Å². The van der Waals surface area contributed by atoms with Gasteiger partial charge in [-0.1, -0.05) is 30.3 Å². The Morgan fingerprint density at radius 1 is 1.07 bits per heavy atom. The summed E-state index contributed by atoms with van der Waals surface area (Å²) >= 11 is 1.26. The lowest BCUT2D eigenvalue weighted by Crippen LogP contribution is -2.23. The fraction of sp³-hybridized carbons (Fsp3) is 0.316. The summed E-state index contributed by atoms with van der Waals surface area (Å²) in [6, 6.07) is 9.39. The number of hydrogen-bond donors (Lipinski definition) is 1. The second-order valence-electron chi connectivity index (χ2n) is 5.47. The molecule has 0 aliphatic carbocycles. The number of rotatable bonds is 8. The Kier molecular flexibility index (Phi) is 7.51. The molecule has 0 unspecified atom stereocenters. The van der Waals surface area contributed by atoms with Gasteiger partial charge in [0.1, 0.15) is 17.2 Å². The van der Waals surface area contributed by atoms with Crippen molar-refractivity contribution in [3.05, 3.63) is 40.8 Å². The first-order chi connectivity index (χ1) is 13.0. The van der Waals surface area contributed by atoms with E-state index >= 15 is 0 Å². The fourth-order valence-electron chi connectivity index (χ4n) is 2.45. The number of methoxy groups -OCH3 is 1. The van der Waals surface area contributed by atoms with Crippen LogP contribution in [0.1, 0.15) is 22.2 Å². The van der Waals surface area contributed by atoms with Crippen LogP contribution in [0.5, 0.6) is 0 Å². The van der Waals surface area contributed by atoms with Crippen LogP contribution in [-0.4, -0.2) is 44.8 Å². The van der Waals surface area contributed by atoms with E-state index in [0.29, 0.717) is 16.1 Å². The second-order valence-corrected chi connectivity index (χ2v) is 6.69. The van der Waals surface area contributed by atoms with Crippen molar-refractivity contribution < 1.29 is 28.6 Å². The predicted octanol–water partition coefficient (Wildman–Crippen LogP) is 3.03. The van der Waals surface area contributed by atoms with E-state index in [0.717, 1.165) is 10.4 Å². The molecule has 0 saturated heterocycles. The van der Waals surface area contributed by atoms with Crippen LogP contribution in [-0.2, 0) is 23.8 Å². The minimum atomic E-state index is -0.648. The van der Waals surface area contributed by atoms with Crippen molar-refractivity contribution in [2.24, 2.45) is 0 Å². The van der Waals surface area contributed by atoms with E-state index in [1.54, 1.807) is 6.92 Å². The molecule has 144 valence electrons. The number of carbonyl (C=O) groups excluding carboxylic acids is 3. The number of ether oxygens (including phenoxy) is 3. The number of hydrogen-bond acceptors (Lipinski definition) is 7. The van der Waals surface area contributed by atoms with Crippen LogP contribution in [0, 0.1) is 6.92 Å². The van der Waals surface area contributed by atoms with Crippen molar-refractivity contribution in [3.8, 4) is 11.1 Å². The molecular formula is C19H21NO6S. The van der Waals surface area contributed by atoms with Crippen molar-refractivity contribution in [1.82, 2.24) is 0 Å². The van der Waals surface area contributed by atoms with E-state index in [-0.39, 0.29) is 13.2 Å². The molecule has 0 saturated carbocycles. The molecule has 0 radical (unpaired) electrons. The largest absolute Gasteiger partial charge is 0.462 e. The molecule has 0 spiro atoms. The van der Waals surface area contributed by atoms with Crippen LogP contribution in [0.15, 0.2) is 30.3 Å². The standard InChI is InChI=1S/C19H21NO6S/c1-4-25-19(23)17-16(13-8-6-5-7-9-13)12(2)27-18(17)20-14(21)10-26-15(22)11-24-3/h5-9H,4,10-11H2,1-3H3,(H,20,21). The third kappa shape index (κ3) is 5.38. The second kappa shape index (κ2) is 9.84. The number of thiophene rings is 1. The first kappa shape index (κ1) is 20.6. The summed E-state index contributed by atoms with van der Waals surface area (Å²) in [5.74, 6) is -1.72. The Morgan fingerprint density at radius 3 is 2.41 bits per heavy atom. The van der Waals surface area contributed by atoms with E-state index in [1.807, 2.05) is 37.3 Å². The Bertz CT molecular complexity index is 815. The molecule has 1 N–H and O–H groups in total. The molecule has 1 heterocycles. The summed E-state index contributed by atoms with van der Waals surface area (Å²) in [5.41, 5.74) is 1.86. The normalized spacial score (nSPS) is 10.3. The van der Waals surface area contributed by atoms with Gasteiger partial charge in [0.25, 0.3) is 5.91 Å². The summed E-state index contributed by atoms with van der Waals surface area (Å²) in [6.07, 6.45) is 0.